The monoisotopic (exact) mass is 193 g/mol. The summed E-state index contributed by atoms with van der Waals surface area (Å²) < 4.78 is 5.44. The maximum Gasteiger partial charge on any atom is 0.153 e. The van der Waals surface area contributed by atoms with E-state index in [4.69, 9.17) is 4.74 Å². The molecule has 3 nitrogen and oxygen atoms in total. The molecule has 0 unspecified atom stereocenters. The van der Waals surface area contributed by atoms with Gasteiger partial charge < -0.3 is 10.1 Å². The van der Waals surface area contributed by atoms with Crippen LogP contribution in [0.25, 0.3) is 0 Å². The van der Waals surface area contributed by atoms with Crippen LogP contribution in [0.3, 0.4) is 0 Å². The first-order valence-electron chi connectivity index (χ1n) is 4.76. The van der Waals surface area contributed by atoms with Crippen LogP contribution in [-0.2, 0) is 0 Å². The van der Waals surface area contributed by atoms with Crippen molar-refractivity contribution in [2.75, 3.05) is 19.7 Å². The zero-order chi connectivity index (χ0) is 10.2. The van der Waals surface area contributed by atoms with Gasteiger partial charge in [-0.25, -0.2) is 0 Å². The molecule has 1 aromatic carbocycles. The minimum absolute atomic E-state index is 0.582. The third kappa shape index (κ3) is 3.18. The van der Waals surface area contributed by atoms with Gasteiger partial charge in [0.15, 0.2) is 6.29 Å². The summed E-state index contributed by atoms with van der Waals surface area (Å²) in [4.78, 5) is 10.6. The Kier molecular flexibility index (Phi) is 4.72. The number of likely N-dealkylation sites (N-methyl/N-ethyl adjacent to an activating group) is 1. The topological polar surface area (TPSA) is 38.3 Å². The van der Waals surface area contributed by atoms with Crippen molar-refractivity contribution >= 4 is 6.29 Å². The molecule has 0 aliphatic rings. The third-order valence-electron chi connectivity index (χ3n) is 1.83. The molecule has 0 amide bonds. The van der Waals surface area contributed by atoms with Gasteiger partial charge in [0.25, 0.3) is 0 Å². The molecular formula is C11H15NO2. The zero-order valence-corrected chi connectivity index (χ0v) is 8.32. The predicted octanol–water partition coefficient (Wildman–Crippen LogP) is 1.49. The smallest absolute Gasteiger partial charge is 0.153 e. The fourth-order valence-corrected chi connectivity index (χ4v) is 1.12. The van der Waals surface area contributed by atoms with E-state index < -0.39 is 0 Å². The fraction of sp³-hybridized carbons (Fsp3) is 0.364. The molecule has 0 aromatic heterocycles. The summed E-state index contributed by atoms with van der Waals surface area (Å²) in [6, 6.07) is 7.22. The number of ether oxygens (including phenoxy) is 1. The number of para-hydroxylation sites is 1. The lowest BCUT2D eigenvalue weighted by atomic mass is 10.2. The van der Waals surface area contributed by atoms with E-state index in [1.165, 1.54) is 0 Å². The second kappa shape index (κ2) is 6.16. The molecule has 14 heavy (non-hydrogen) atoms. The Morgan fingerprint density at radius 3 is 2.93 bits per heavy atom. The Morgan fingerprint density at radius 2 is 2.21 bits per heavy atom. The molecule has 0 spiro atoms. The Hall–Kier alpha value is -1.35. The van der Waals surface area contributed by atoms with E-state index in [1.807, 2.05) is 19.1 Å². The quantitative estimate of drug-likeness (QED) is 0.549. The van der Waals surface area contributed by atoms with Gasteiger partial charge in [-0.2, -0.15) is 0 Å². The largest absolute Gasteiger partial charge is 0.492 e. The lowest BCUT2D eigenvalue weighted by molar-refractivity contribution is 0.111. The van der Waals surface area contributed by atoms with Gasteiger partial charge in [0.2, 0.25) is 0 Å². The van der Waals surface area contributed by atoms with Gasteiger partial charge in [-0.15, -0.1) is 0 Å². The lowest BCUT2D eigenvalue weighted by Gasteiger charge is -2.07. The highest BCUT2D eigenvalue weighted by molar-refractivity contribution is 5.79. The van der Waals surface area contributed by atoms with Gasteiger partial charge in [-0.05, 0) is 18.7 Å². The van der Waals surface area contributed by atoms with Crippen LogP contribution in [0.1, 0.15) is 17.3 Å². The molecule has 0 aliphatic carbocycles. The van der Waals surface area contributed by atoms with Gasteiger partial charge >= 0.3 is 0 Å². The number of rotatable bonds is 6. The highest BCUT2D eigenvalue weighted by atomic mass is 16.5. The Labute approximate surface area is 84.1 Å². The van der Waals surface area contributed by atoms with E-state index in [9.17, 15) is 4.79 Å². The van der Waals surface area contributed by atoms with Crippen molar-refractivity contribution in [2.24, 2.45) is 0 Å². The van der Waals surface area contributed by atoms with E-state index in [0.717, 1.165) is 19.4 Å². The average Bonchev–Trinajstić information content (AvgIpc) is 2.25. The number of nitrogens with one attached hydrogen (secondary N) is 1. The molecule has 1 N–H and O–H groups in total. The van der Waals surface area contributed by atoms with E-state index in [0.29, 0.717) is 17.9 Å². The summed E-state index contributed by atoms with van der Waals surface area (Å²) in [6.07, 6.45) is 0.808. The lowest BCUT2D eigenvalue weighted by Crippen LogP contribution is -2.20. The maximum absolute atomic E-state index is 10.6. The van der Waals surface area contributed by atoms with Gasteiger partial charge in [0, 0.05) is 6.54 Å². The average molecular weight is 193 g/mol. The molecule has 0 fully saturated rings. The summed E-state index contributed by atoms with van der Waals surface area (Å²) in [6.45, 7) is 4.35. The van der Waals surface area contributed by atoms with Crippen LogP contribution >= 0.6 is 0 Å². The molecule has 3 heteroatoms. The van der Waals surface area contributed by atoms with E-state index in [2.05, 4.69) is 5.32 Å². The normalized spacial score (nSPS) is 9.79. The van der Waals surface area contributed by atoms with E-state index >= 15 is 0 Å². The Bertz CT molecular complexity index is 286. The van der Waals surface area contributed by atoms with Crippen LogP contribution in [0.2, 0.25) is 0 Å². The summed E-state index contributed by atoms with van der Waals surface area (Å²) in [5, 5.41) is 3.14. The highest BCUT2D eigenvalue weighted by Crippen LogP contribution is 2.14. The van der Waals surface area contributed by atoms with Gasteiger partial charge in [0.05, 0.1) is 5.56 Å². The molecule has 0 bridgehead atoms. The number of hydrogen-bond donors (Lipinski definition) is 1. The standard InChI is InChI=1S/C11H15NO2/c1-2-12-7-8-14-11-6-4-3-5-10(11)9-13/h3-6,9,12H,2,7-8H2,1H3. The minimum atomic E-state index is 0.582. The fourth-order valence-electron chi connectivity index (χ4n) is 1.12. The number of carbonyl (C=O) groups is 1. The summed E-state index contributed by atoms with van der Waals surface area (Å²) in [5.74, 6) is 0.653. The van der Waals surface area contributed by atoms with Crippen molar-refractivity contribution in [3.8, 4) is 5.75 Å². The molecule has 0 heterocycles. The summed E-state index contributed by atoms with van der Waals surface area (Å²) in [5.41, 5.74) is 0.601. The molecule has 0 atom stereocenters. The number of carbonyl (C=O) groups excluding carboxylic acids is 1. The molecule has 0 radical (unpaired) electrons. The second-order valence-electron chi connectivity index (χ2n) is 2.86. The third-order valence-corrected chi connectivity index (χ3v) is 1.83. The Balaban J connectivity index is 2.45. The summed E-state index contributed by atoms with van der Waals surface area (Å²) in [7, 11) is 0. The molecule has 0 saturated carbocycles. The van der Waals surface area contributed by atoms with Crippen LogP contribution in [0.4, 0.5) is 0 Å². The molecular weight excluding hydrogens is 178 g/mol. The van der Waals surface area contributed by atoms with Gasteiger partial charge in [0.1, 0.15) is 12.4 Å². The SMILES string of the molecule is CCNCCOc1ccccc1C=O. The first-order chi connectivity index (χ1) is 6.88. The first-order valence-corrected chi connectivity index (χ1v) is 4.76. The van der Waals surface area contributed by atoms with Crippen LogP contribution < -0.4 is 10.1 Å². The predicted molar refractivity (Wildman–Crippen MR) is 55.9 cm³/mol. The van der Waals surface area contributed by atoms with Crippen LogP contribution in [0, 0.1) is 0 Å². The van der Waals surface area contributed by atoms with Gasteiger partial charge in [-0.1, -0.05) is 19.1 Å². The van der Waals surface area contributed by atoms with Crippen molar-refractivity contribution in [1.29, 1.82) is 0 Å². The van der Waals surface area contributed by atoms with Crippen molar-refractivity contribution < 1.29 is 9.53 Å². The van der Waals surface area contributed by atoms with Crippen LogP contribution in [0.15, 0.2) is 24.3 Å². The molecule has 0 aliphatic heterocycles. The maximum atomic E-state index is 10.6. The minimum Gasteiger partial charge on any atom is -0.492 e. The number of hydrogen-bond acceptors (Lipinski definition) is 3. The first kappa shape index (κ1) is 10.7. The molecule has 1 rings (SSSR count). The van der Waals surface area contributed by atoms with Crippen LogP contribution in [-0.4, -0.2) is 26.0 Å². The highest BCUT2D eigenvalue weighted by Gasteiger charge is 1.99. The van der Waals surface area contributed by atoms with E-state index in [1.54, 1.807) is 12.1 Å². The van der Waals surface area contributed by atoms with Crippen molar-refractivity contribution in [3.63, 3.8) is 0 Å². The molecule has 1 aromatic rings. The number of aldehydes is 1. The van der Waals surface area contributed by atoms with Crippen molar-refractivity contribution in [2.45, 2.75) is 6.92 Å². The Morgan fingerprint density at radius 1 is 1.43 bits per heavy atom. The molecule has 0 saturated heterocycles. The van der Waals surface area contributed by atoms with Gasteiger partial charge in [-0.3, -0.25) is 4.79 Å². The zero-order valence-electron chi connectivity index (χ0n) is 8.32. The molecule has 76 valence electrons. The van der Waals surface area contributed by atoms with Crippen molar-refractivity contribution in [3.05, 3.63) is 29.8 Å². The van der Waals surface area contributed by atoms with E-state index in [-0.39, 0.29) is 0 Å². The second-order valence-corrected chi connectivity index (χ2v) is 2.86. The van der Waals surface area contributed by atoms with Crippen LogP contribution in [0.5, 0.6) is 5.75 Å². The number of benzene rings is 1. The summed E-state index contributed by atoms with van der Waals surface area (Å²) >= 11 is 0. The van der Waals surface area contributed by atoms with Crippen molar-refractivity contribution in [1.82, 2.24) is 5.32 Å².